The second-order valence-electron chi connectivity index (χ2n) is 4.46. The van der Waals surface area contributed by atoms with E-state index in [0.29, 0.717) is 13.1 Å². The number of nitrogens with one attached hydrogen (secondary N) is 1. The monoisotopic (exact) mass is 292 g/mol. The molecule has 20 heavy (non-hydrogen) atoms. The largest absolute Gasteiger partial charge is 0.508 e. The van der Waals surface area contributed by atoms with Crippen LogP contribution in [0, 0.1) is 0 Å². The van der Waals surface area contributed by atoms with Gasteiger partial charge in [0.05, 0.1) is 4.90 Å². The van der Waals surface area contributed by atoms with Crippen molar-refractivity contribution in [3.05, 3.63) is 59.7 Å². The molecule has 4 N–H and O–H groups in total. The number of aromatic hydroxyl groups is 1. The van der Waals surface area contributed by atoms with E-state index in [1.54, 1.807) is 30.3 Å². The summed E-state index contributed by atoms with van der Waals surface area (Å²) in [5.74, 6) is 0.238. The third kappa shape index (κ3) is 4.06. The van der Waals surface area contributed by atoms with Crippen LogP contribution >= 0.6 is 0 Å². The molecule has 0 aliphatic rings. The average Bonchev–Trinajstić information content (AvgIpc) is 2.38. The lowest BCUT2D eigenvalue weighted by molar-refractivity contribution is 0.474. The maximum Gasteiger partial charge on any atom is 0.238 e. The molecule has 0 amide bonds. The van der Waals surface area contributed by atoms with Crippen molar-refractivity contribution in [3.63, 3.8) is 0 Å². The van der Waals surface area contributed by atoms with Crippen LogP contribution in [0.25, 0.3) is 0 Å². The van der Waals surface area contributed by atoms with Gasteiger partial charge in [0, 0.05) is 13.1 Å². The molecule has 0 unspecified atom stereocenters. The Labute approximate surface area is 118 Å². The predicted molar refractivity (Wildman–Crippen MR) is 76.5 cm³/mol. The Balaban J connectivity index is 1.92. The van der Waals surface area contributed by atoms with Gasteiger partial charge in [0.15, 0.2) is 0 Å². The first-order chi connectivity index (χ1) is 9.45. The molecule has 0 radical (unpaired) electrons. The molecule has 6 heteroatoms. The summed E-state index contributed by atoms with van der Waals surface area (Å²) >= 11 is 0. The fourth-order valence-corrected chi connectivity index (χ4v) is 2.33. The zero-order valence-electron chi connectivity index (χ0n) is 10.8. The number of benzene rings is 2. The van der Waals surface area contributed by atoms with Gasteiger partial charge in [-0.25, -0.2) is 13.6 Å². The van der Waals surface area contributed by atoms with Gasteiger partial charge in [-0.3, -0.25) is 0 Å². The Kier molecular flexibility index (Phi) is 4.39. The number of sulfonamides is 1. The third-order valence-electron chi connectivity index (χ3n) is 2.82. The molecule has 0 heterocycles. The van der Waals surface area contributed by atoms with Crippen molar-refractivity contribution in [2.45, 2.75) is 18.0 Å². The molecule has 2 rings (SSSR count). The summed E-state index contributed by atoms with van der Waals surface area (Å²) in [6, 6.07) is 13.4. The van der Waals surface area contributed by atoms with Crippen molar-refractivity contribution in [1.29, 1.82) is 0 Å². The molecular formula is C14H16N2O3S. The number of rotatable bonds is 5. The lowest BCUT2D eigenvalue weighted by Gasteiger charge is -2.06. The van der Waals surface area contributed by atoms with Crippen LogP contribution in [0.15, 0.2) is 53.4 Å². The zero-order chi connectivity index (χ0) is 14.6. The maximum absolute atomic E-state index is 11.1. The van der Waals surface area contributed by atoms with Gasteiger partial charge in [0.25, 0.3) is 0 Å². The van der Waals surface area contributed by atoms with Gasteiger partial charge in [0.2, 0.25) is 10.0 Å². The summed E-state index contributed by atoms with van der Waals surface area (Å²) in [4.78, 5) is 0.106. The molecule has 0 aliphatic heterocycles. The number of phenolic OH excluding ortho intramolecular Hbond substituents is 1. The average molecular weight is 292 g/mol. The fourth-order valence-electron chi connectivity index (χ4n) is 1.81. The van der Waals surface area contributed by atoms with Gasteiger partial charge in [-0.15, -0.1) is 0 Å². The Bertz CT molecular complexity index is 682. The molecule has 0 saturated carbocycles. The van der Waals surface area contributed by atoms with E-state index >= 15 is 0 Å². The van der Waals surface area contributed by atoms with Crippen molar-refractivity contribution in [1.82, 2.24) is 5.32 Å². The Hall–Kier alpha value is -1.89. The predicted octanol–water partition coefficient (Wildman–Crippen LogP) is 1.33. The topological polar surface area (TPSA) is 92.4 Å². The van der Waals surface area contributed by atoms with Gasteiger partial charge in [-0.2, -0.15) is 0 Å². The van der Waals surface area contributed by atoms with Crippen molar-refractivity contribution >= 4 is 10.0 Å². The number of hydrogen-bond acceptors (Lipinski definition) is 4. The minimum absolute atomic E-state index is 0.106. The number of primary sulfonamides is 1. The molecule has 2 aromatic carbocycles. The summed E-state index contributed by atoms with van der Waals surface area (Å²) in [7, 11) is -3.64. The second kappa shape index (κ2) is 6.04. The van der Waals surface area contributed by atoms with Crippen LogP contribution in [-0.2, 0) is 23.1 Å². The van der Waals surface area contributed by atoms with E-state index in [4.69, 9.17) is 5.14 Å². The van der Waals surface area contributed by atoms with Crippen LogP contribution in [0.3, 0.4) is 0 Å². The smallest absolute Gasteiger partial charge is 0.238 e. The van der Waals surface area contributed by atoms with E-state index in [-0.39, 0.29) is 10.6 Å². The molecule has 0 atom stereocenters. The van der Waals surface area contributed by atoms with Crippen molar-refractivity contribution < 1.29 is 13.5 Å². The molecule has 2 aromatic rings. The van der Waals surface area contributed by atoms with Gasteiger partial charge < -0.3 is 10.4 Å². The minimum atomic E-state index is -3.64. The van der Waals surface area contributed by atoms with Crippen LogP contribution in [-0.4, -0.2) is 13.5 Å². The van der Waals surface area contributed by atoms with Gasteiger partial charge >= 0.3 is 0 Å². The van der Waals surface area contributed by atoms with E-state index in [1.165, 1.54) is 12.1 Å². The maximum atomic E-state index is 11.1. The van der Waals surface area contributed by atoms with Crippen LogP contribution in [0.1, 0.15) is 11.1 Å². The molecule has 0 aromatic heterocycles. The molecule has 0 fully saturated rings. The van der Waals surface area contributed by atoms with Crippen LogP contribution in [0.4, 0.5) is 0 Å². The first kappa shape index (κ1) is 14.5. The highest BCUT2D eigenvalue weighted by Crippen LogP contribution is 2.11. The molecule has 0 aliphatic carbocycles. The second-order valence-corrected chi connectivity index (χ2v) is 6.02. The Morgan fingerprint density at radius 2 is 1.65 bits per heavy atom. The lowest BCUT2D eigenvalue weighted by Crippen LogP contribution is -2.14. The summed E-state index contributed by atoms with van der Waals surface area (Å²) in [5, 5.41) is 17.6. The first-order valence-electron chi connectivity index (χ1n) is 6.05. The first-order valence-corrected chi connectivity index (χ1v) is 7.60. The van der Waals surface area contributed by atoms with Crippen LogP contribution in [0.2, 0.25) is 0 Å². The summed E-state index contributed by atoms with van der Waals surface area (Å²) in [5.41, 5.74) is 1.93. The quantitative estimate of drug-likeness (QED) is 0.775. The molecule has 0 spiro atoms. The van der Waals surface area contributed by atoms with E-state index in [2.05, 4.69) is 5.32 Å². The Morgan fingerprint density at radius 3 is 2.25 bits per heavy atom. The van der Waals surface area contributed by atoms with E-state index in [0.717, 1.165) is 11.1 Å². The van der Waals surface area contributed by atoms with Crippen LogP contribution < -0.4 is 10.5 Å². The molecular weight excluding hydrogens is 276 g/mol. The summed E-state index contributed by atoms with van der Waals surface area (Å²) < 4.78 is 22.2. The normalized spacial score (nSPS) is 11.4. The van der Waals surface area contributed by atoms with Crippen LogP contribution in [0.5, 0.6) is 5.75 Å². The standard InChI is InChI=1S/C14H16N2O3S/c15-20(18,19)14-6-4-11(5-7-14)9-16-10-12-2-1-3-13(17)8-12/h1-8,16-17H,9-10H2,(H2,15,18,19). The van der Waals surface area contributed by atoms with Crippen molar-refractivity contribution in [2.75, 3.05) is 0 Å². The third-order valence-corrected chi connectivity index (χ3v) is 3.75. The summed E-state index contributed by atoms with van der Waals surface area (Å²) in [6.07, 6.45) is 0. The summed E-state index contributed by atoms with van der Waals surface area (Å²) in [6.45, 7) is 1.21. The SMILES string of the molecule is NS(=O)(=O)c1ccc(CNCc2cccc(O)c2)cc1. The lowest BCUT2D eigenvalue weighted by atomic mass is 10.2. The Morgan fingerprint density at radius 1 is 1.00 bits per heavy atom. The fraction of sp³-hybridized carbons (Fsp3) is 0.143. The van der Waals surface area contributed by atoms with Crippen molar-refractivity contribution in [3.8, 4) is 5.75 Å². The van der Waals surface area contributed by atoms with Gasteiger partial charge in [-0.1, -0.05) is 24.3 Å². The van der Waals surface area contributed by atoms with Gasteiger partial charge in [-0.05, 0) is 35.4 Å². The van der Waals surface area contributed by atoms with Crippen molar-refractivity contribution in [2.24, 2.45) is 5.14 Å². The molecule has 106 valence electrons. The number of phenols is 1. The van der Waals surface area contributed by atoms with E-state index < -0.39 is 10.0 Å². The highest BCUT2D eigenvalue weighted by Gasteiger charge is 2.06. The minimum Gasteiger partial charge on any atom is -0.508 e. The number of hydrogen-bond donors (Lipinski definition) is 3. The number of nitrogens with two attached hydrogens (primary N) is 1. The molecule has 0 bridgehead atoms. The van der Waals surface area contributed by atoms with E-state index in [9.17, 15) is 13.5 Å². The molecule has 5 nitrogen and oxygen atoms in total. The highest BCUT2D eigenvalue weighted by atomic mass is 32.2. The highest BCUT2D eigenvalue weighted by molar-refractivity contribution is 7.89. The van der Waals surface area contributed by atoms with Gasteiger partial charge in [0.1, 0.15) is 5.75 Å². The zero-order valence-corrected chi connectivity index (χ0v) is 11.6. The van der Waals surface area contributed by atoms with E-state index in [1.807, 2.05) is 6.07 Å². The molecule has 0 saturated heterocycles.